The Kier molecular flexibility index (Phi) is 6.03. The molecule has 30 heavy (non-hydrogen) atoms. The molecule has 4 heteroatoms. The molecule has 1 aliphatic heterocycles. The molecule has 0 saturated heterocycles. The van der Waals surface area contributed by atoms with Crippen molar-refractivity contribution in [1.82, 2.24) is 5.32 Å². The Labute approximate surface area is 180 Å². The van der Waals surface area contributed by atoms with Gasteiger partial charge in [-0.1, -0.05) is 24.3 Å². The van der Waals surface area contributed by atoms with Gasteiger partial charge < -0.3 is 15.0 Å². The number of hydrogen-bond acceptors (Lipinski definition) is 3. The molecule has 2 aromatic carbocycles. The van der Waals surface area contributed by atoms with Gasteiger partial charge in [0, 0.05) is 30.4 Å². The minimum atomic E-state index is -0.465. The van der Waals surface area contributed by atoms with E-state index in [1.165, 1.54) is 40.9 Å². The van der Waals surface area contributed by atoms with Gasteiger partial charge in [-0.05, 0) is 94.2 Å². The second kappa shape index (κ2) is 8.71. The van der Waals surface area contributed by atoms with Crippen molar-refractivity contribution in [2.24, 2.45) is 0 Å². The molecule has 0 spiro atoms. The van der Waals surface area contributed by atoms with E-state index in [9.17, 15) is 4.79 Å². The first kappa shape index (κ1) is 20.8. The van der Waals surface area contributed by atoms with Gasteiger partial charge >= 0.3 is 6.09 Å². The van der Waals surface area contributed by atoms with E-state index in [4.69, 9.17) is 4.74 Å². The number of nitrogens with zero attached hydrogens (tertiary/aromatic N) is 1. The van der Waals surface area contributed by atoms with Crippen LogP contribution in [0, 0.1) is 0 Å². The minimum Gasteiger partial charge on any atom is -0.444 e. The topological polar surface area (TPSA) is 41.6 Å². The lowest BCUT2D eigenvalue weighted by atomic mass is 9.82. The third kappa shape index (κ3) is 4.80. The quantitative estimate of drug-likeness (QED) is 0.669. The highest BCUT2D eigenvalue weighted by molar-refractivity contribution is 5.69. The number of para-hydroxylation sites is 1. The normalized spacial score (nSPS) is 18.8. The summed E-state index contributed by atoms with van der Waals surface area (Å²) in [7, 11) is 0. The van der Waals surface area contributed by atoms with Crippen LogP contribution in [0.1, 0.15) is 69.1 Å². The van der Waals surface area contributed by atoms with E-state index in [-0.39, 0.29) is 6.09 Å². The molecule has 1 atom stereocenters. The summed E-state index contributed by atoms with van der Waals surface area (Å²) in [5.41, 5.74) is 6.44. The van der Waals surface area contributed by atoms with E-state index in [0.717, 1.165) is 32.2 Å². The van der Waals surface area contributed by atoms with E-state index in [1.807, 2.05) is 20.8 Å². The number of alkyl carbamates (subject to hydrolysis) is 1. The molecule has 0 fully saturated rings. The van der Waals surface area contributed by atoms with E-state index in [2.05, 4.69) is 52.7 Å². The van der Waals surface area contributed by atoms with Gasteiger partial charge in [0.15, 0.2) is 0 Å². The highest BCUT2D eigenvalue weighted by Crippen LogP contribution is 2.37. The Morgan fingerprint density at radius 3 is 2.70 bits per heavy atom. The number of aryl methyl sites for hydroxylation is 2. The Morgan fingerprint density at radius 1 is 1.07 bits per heavy atom. The predicted molar refractivity (Wildman–Crippen MR) is 123 cm³/mol. The van der Waals surface area contributed by atoms with Crippen LogP contribution in [0.3, 0.4) is 0 Å². The number of benzene rings is 2. The van der Waals surface area contributed by atoms with Crippen molar-refractivity contribution in [3.63, 3.8) is 0 Å². The maximum Gasteiger partial charge on any atom is 0.407 e. The van der Waals surface area contributed by atoms with Crippen LogP contribution in [0.4, 0.5) is 16.2 Å². The van der Waals surface area contributed by atoms with E-state index >= 15 is 0 Å². The van der Waals surface area contributed by atoms with Crippen LogP contribution in [-0.4, -0.2) is 24.8 Å². The fourth-order valence-electron chi connectivity index (χ4n) is 4.76. The van der Waals surface area contributed by atoms with Crippen molar-refractivity contribution in [3.05, 3.63) is 59.2 Å². The smallest absolute Gasteiger partial charge is 0.407 e. The molecule has 0 saturated carbocycles. The number of carbonyl (C=O) groups is 1. The third-order valence-corrected chi connectivity index (χ3v) is 6.13. The van der Waals surface area contributed by atoms with Crippen LogP contribution >= 0.6 is 0 Å². The van der Waals surface area contributed by atoms with Crippen molar-refractivity contribution < 1.29 is 9.53 Å². The molecule has 1 heterocycles. The molecule has 0 unspecified atom stereocenters. The van der Waals surface area contributed by atoms with Crippen LogP contribution in [0.5, 0.6) is 0 Å². The van der Waals surface area contributed by atoms with E-state index in [1.54, 1.807) is 0 Å². The number of fused-ring (bicyclic) bond motifs is 2. The highest BCUT2D eigenvalue weighted by atomic mass is 16.6. The molecule has 1 aliphatic carbocycles. The number of rotatable bonds is 3. The summed E-state index contributed by atoms with van der Waals surface area (Å²) in [6, 6.07) is 15.8. The third-order valence-electron chi connectivity index (χ3n) is 6.13. The van der Waals surface area contributed by atoms with Crippen LogP contribution in [0.15, 0.2) is 42.5 Å². The predicted octanol–water partition coefficient (Wildman–Crippen LogP) is 6.11. The van der Waals surface area contributed by atoms with Gasteiger partial charge in [0.05, 0.1) is 0 Å². The second-order valence-corrected chi connectivity index (χ2v) is 9.59. The fourth-order valence-corrected chi connectivity index (χ4v) is 4.76. The summed E-state index contributed by atoms with van der Waals surface area (Å²) in [5, 5.41) is 2.98. The lowest BCUT2D eigenvalue weighted by molar-refractivity contribution is 0.0523. The summed E-state index contributed by atoms with van der Waals surface area (Å²) < 4.78 is 5.40. The molecular weight excluding hydrogens is 372 g/mol. The first-order chi connectivity index (χ1) is 14.4. The summed E-state index contributed by atoms with van der Waals surface area (Å²) in [5.74, 6) is 0.353. The molecule has 0 bridgehead atoms. The molecule has 160 valence electrons. The number of nitrogens with one attached hydrogen (secondary N) is 1. The molecule has 1 amide bonds. The van der Waals surface area contributed by atoms with Crippen LogP contribution < -0.4 is 10.2 Å². The molecular formula is C26H34N2O2. The number of anilines is 2. The molecule has 0 radical (unpaired) electrons. The summed E-state index contributed by atoms with van der Waals surface area (Å²) in [6.45, 7) is 7.38. The Morgan fingerprint density at radius 2 is 1.87 bits per heavy atom. The minimum absolute atomic E-state index is 0.326. The molecule has 2 aromatic rings. The Hall–Kier alpha value is -2.49. The van der Waals surface area contributed by atoms with Crippen molar-refractivity contribution >= 4 is 17.5 Å². The largest absolute Gasteiger partial charge is 0.444 e. The second-order valence-electron chi connectivity index (χ2n) is 9.59. The van der Waals surface area contributed by atoms with Crippen molar-refractivity contribution in [2.75, 3.05) is 18.0 Å². The first-order valence-electron chi connectivity index (χ1n) is 11.4. The number of hydrogen-bond donors (Lipinski definition) is 1. The van der Waals surface area contributed by atoms with Crippen molar-refractivity contribution in [3.8, 4) is 0 Å². The van der Waals surface area contributed by atoms with Gasteiger partial charge in [0.1, 0.15) is 5.60 Å². The zero-order valence-electron chi connectivity index (χ0n) is 18.5. The van der Waals surface area contributed by atoms with Crippen LogP contribution in [-0.2, 0) is 17.6 Å². The molecule has 4 nitrogen and oxygen atoms in total. The monoisotopic (exact) mass is 406 g/mol. The highest BCUT2D eigenvalue weighted by Gasteiger charge is 2.24. The molecule has 0 aromatic heterocycles. The molecule has 1 N–H and O–H groups in total. The van der Waals surface area contributed by atoms with Gasteiger partial charge in [0.2, 0.25) is 0 Å². The summed E-state index contributed by atoms with van der Waals surface area (Å²) in [4.78, 5) is 14.6. The van der Waals surface area contributed by atoms with E-state index in [0.29, 0.717) is 12.5 Å². The van der Waals surface area contributed by atoms with Crippen molar-refractivity contribution in [2.45, 2.75) is 70.8 Å². The Balaban J connectivity index is 1.52. The summed E-state index contributed by atoms with van der Waals surface area (Å²) in [6.07, 6.45) is 6.68. The number of amides is 1. The SMILES string of the molecule is CC(C)(C)OC(=O)NC[C@@H]1CCCc2cc(N3CCCCc4ccccc43)ccc21. The van der Waals surface area contributed by atoms with Gasteiger partial charge in [-0.25, -0.2) is 4.79 Å². The Bertz CT molecular complexity index is 900. The van der Waals surface area contributed by atoms with Gasteiger partial charge in [-0.15, -0.1) is 0 Å². The average molecular weight is 407 g/mol. The number of carbonyl (C=O) groups excluding carboxylic acids is 1. The average Bonchev–Trinajstić information content (AvgIpc) is 2.93. The maximum atomic E-state index is 12.1. The van der Waals surface area contributed by atoms with Crippen molar-refractivity contribution in [1.29, 1.82) is 0 Å². The number of ether oxygens (including phenoxy) is 1. The van der Waals surface area contributed by atoms with Gasteiger partial charge in [-0.3, -0.25) is 0 Å². The summed E-state index contributed by atoms with van der Waals surface area (Å²) >= 11 is 0. The van der Waals surface area contributed by atoms with Gasteiger partial charge in [0.25, 0.3) is 0 Å². The standard InChI is InChI=1S/C26H34N2O2/c1-26(2,3)30-25(29)27-18-21-12-8-11-20-17-22(14-15-23(20)21)28-16-7-6-10-19-9-4-5-13-24(19)28/h4-5,9,13-15,17,21H,6-8,10-12,16,18H2,1-3H3,(H,27,29)/t21-/m0/s1. The lowest BCUT2D eigenvalue weighted by Gasteiger charge is -2.30. The zero-order chi connectivity index (χ0) is 21.1. The van der Waals surface area contributed by atoms with Gasteiger partial charge in [-0.2, -0.15) is 0 Å². The zero-order valence-corrected chi connectivity index (χ0v) is 18.5. The van der Waals surface area contributed by atoms with Crippen LogP contribution in [0.25, 0.3) is 0 Å². The van der Waals surface area contributed by atoms with E-state index < -0.39 is 5.60 Å². The van der Waals surface area contributed by atoms with Crippen LogP contribution in [0.2, 0.25) is 0 Å². The fraction of sp³-hybridized carbons (Fsp3) is 0.500. The lowest BCUT2D eigenvalue weighted by Crippen LogP contribution is -2.35. The first-order valence-corrected chi connectivity index (χ1v) is 11.4. The molecule has 4 rings (SSSR count). The molecule has 2 aliphatic rings. The maximum absolute atomic E-state index is 12.1.